The molecule has 1 aliphatic heterocycles. The van der Waals surface area contributed by atoms with Gasteiger partial charge in [0.2, 0.25) is 4.77 Å². The van der Waals surface area contributed by atoms with Gasteiger partial charge in [0, 0.05) is 23.8 Å². The van der Waals surface area contributed by atoms with Gasteiger partial charge in [-0.2, -0.15) is 5.10 Å². The highest BCUT2D eigenvalue weighted by Gasteiger charge is 2.29. The van der Waals surface area contributed by atoms with Crippen LogP contribution in [0.3, 0.4) is 0 Å². The predicted molar refractivity (Wildman–Crippen MR) is 120 cm³/mol. The molecule has 6 nitrogen and oxygen atoms in total. The van der Waals surface area contributed by atoms with Crippen LogP contribution < -0.4 is 9.47 Å². The van der Waals surface area contributed by atoms with E-state index in [-0.39, 0.29) is 6.04 Å². The number of nitrogens with zero attached hydrogens (tertiary/aromatic N) is 4. The van der Waals surface area contributed by atoms with Crippen molar-refractivity contribution >= 4 is 12.2 Å². The van der Waals surface area contributed by atoms with E-state index in [0.29, 0.717) is 11.4 Å². The summed E-state index contributed by atoms with van der Waals surface area (Å²) in [5.41, 5.74) is 3.42. The summed E-state index contributed by atoms with van der Waals surface area (Å²) in [4.78, 5) is 2.42. The molecule has 0 N–H and O–H groups in total. The summed E-state index contributed by atoms with van der Waals surface area (Å²) in [6.45, 7) is 5.71. The van der Waals surface area contributed by atoms with Gasteiger partial charge in [0.1, 0.15) is 17.3 Å². The molecule has 158 valence electrons. The van der Waals surface area contributed by atoms with Gasteiger partial charge in [0.05, 0.1) is 20.9 Å². The van der Waals surface area contributed by atoms with Crippen LogP contribution in [0, 0.1) is 18.6 Å². The van der Waals surface area contributed by atoms with E-state index >= 15 is 0 Å². The van der Waals surface area contributed by atoms with Crippen LogP contribution in [0.4, 0.5) is 0 Å². The number of ether oxygens (including phenoxy) is 2. The fourth-order valence-electron chi connectivity index (χ4n) is 4.22. The Labute approximate surface area is 182 Å². The smallest absolute Gasteiger partial charge is 0.203 e. The van der Waals surface area contributed by atoms with Crippen molar-refractivity contribution in [1.82, 2.24) is 19.2 Å². The van der Waals surface area contributed by atoms with Crippen molar-refractivity contribution in [2.75, 3.05) is 20.8 Å². The molecule has 0 saturated carbocycles. The Morgan fingerprint density at radius 3 is 2.53 bits per heavy atom. The second-order valence-electron chi connectivity index (χ2n) is 7.72. The normalized spacial score (nSPS) is 16.7. The Kier molecular flexibility index (Phi) is 5.92. The Hall–Kier alpha value is -2.64. The van der Waals surface area contributed by atoms with Gasteiger partial charge in [-0.15, -0.1) is 0 Å². The van der Waals surface area contributed by atoms with Crippen LogP contribution in [0.15, 0.2) is 42.5 Å². The molecule has 0 amide bonds. The fraction of sp³-hybridized carbons (Fsp3) is 0.391. The summed E-state index contributed by atoms with van der Waals surface area (Å²) >= 11 is 5.80. The maximum absolute atomic E-state index is 5.80. The maximum atomic E-state index is 5.80. The predicted octanol–water partition coefficient (Wildman–Crippen LogP) is 4.83. The van der Waals surface area contributed by atoms with Crippen LogP contribution in [-0.4, -0.2) is 40.0 Å². The lowest BCUT2D eigenvalue weighted by molar-refractivity contribution is 0.186. The van der Waals surface area contributed by atoms with Gasteiger partial charge in [-0.1, -0.05) is 17.7 Å². The zero-order chi connectivity index (χ0) is 21.3. The van der Waals surface area contributed by atoms with Gasteiger partial charge in [-0.25, -0.2) is 4.68 Å². The summed E-state index contributed by atoms with van der Waals surface area (Å²) < 4.78 is 15.8. The Morgan fingerprint density at radius 1 is 1.07 bits per heavy atom. The lowest BCUT2D eigenvalue weighted by Crippen LogP contribution is -2.27. The van der Waals surface area contributed by atoms with Crippen molar-refractivity contribution in [2.24, 2.45) is 0 Å². The van der Waals surface area contributed by atoms with Crippen molar-refractivity contribution in [3.63, 3.8) is 0 Å². The average molecular weight is 425 g/mol. The molecule has 0 bridgehead atoms. The van der Waals surface area contributed by atoms with Crippen LogP contribution in [0.5, 0.6) is 11.5 Å². The first-order valence-electron chi connectivity index (χ1n) is 10.2. The highest BCUT2D eigenvalue weighted by atomic mass is 32.1. The quantitative estimate of drug-likeness (QED) is 0.530. The molecule has 1 aliphatic rings. The molecule has 2 aromatic carbocycles. The van der Waals surface area contributed by atoms with E-state index in [4.69, 9.17) is 26.8 Å². The highest BCUT2D eigenvalue weighted by Crippen LogP contribution is 2.39. The second-order valence-corrected chi connectivity index (χ2v) is 8.09. The van der Waals surface area contributed by atoms with E-state index in [0.717, 1.165) is 48.0 Å². The van der Waals surface area contributed by atoms with Crippen molar-refractivity contribution in [2.45, 2.75) is 39.4 Å². The molecule has 1 aromatic heterocycles. The minimum atomic E-state index is 0.238. The highest BCUT2D eigenvalue weighted by molar-refractivity contribution is 7.71. The van der Waals surface area contributed by atoms with Crippen LogP contribution in [0.1, 0.15) is 35.8 Å². The van der Waals surface area contributed by atoms with Gasteiger partial charge >= 0.3 is 0 Å². The molecule has 1 fully saturated rings. The average Bonchev–Trinajstić information content (AvgIpc) is 3.32. The summed E-state index contributed by atoms with van der Waals surface area (Å²) in [7, 11) is 3.41. The number of aryl methyl sites for hydroxylation is 2. The van der Waals surface area contributed by atoms with E-state index in [1.54, 1.807) is 14.2 Å². The Balaban J connectivity index is 1.64. The van der Waals surface area contributed by atoms with Crippen LogP contribution in [0.2, 0.25) is 0 Å². The van der Waals surface area contributed by atoms with Crippen LogP contribution in [-0.2, 0) is 6.67 Å². The fourth-order valence-corrected chi connectivity index (χ4v) is 4.55. The first kappa shape index (κ1) is 20.6. The molecule has 4 rings (SSSR count). The van der Waals surface area contributed by atoms with Gasteiger partial charge in [0.25, 0.3) is 0 Å². The number of benzene rings is 2. The van der Waals surface area contributed by atoms with Crippen LogP contribution in [0.25, 0.3) is 5.69 Å². The molecule has 1 saturated heterocycles. The minimum Gasteiger partial charge on any atom is -0.497 e. The largest absolute Gasteiger partial charge is 0.497 e. The molecule has 0 spiro atoms. The molecule has 0 aliphatic carbocycles. The molecule has 7 heteroatoms. The van der Waals surface area contributed by atoms with Gasteiger partial charge in [-0.05, 0) is 69.2 Å². The number of rotatable bonds is 6. The molecule has 30 heavy (non-hydrogen) atoms. The summed E-state index contributed by atoms with van der Waals surface area (Å²) in [5, 5.41) is 4.75. The van der Waals surface area contributed by atoms with E-state index in [1.807, 2.05) is 28.3 Å². The molecular formula is C23H28N4O2S. The molecule has 0 unspecified atom stereocenters. The Bertz CT molecular complexity index is 1090. The van der Waals surface area contributed by atoms with E-state index in [1.165, 1.54) is 5.56 Å². The zero-order valence-electron chi connectivity index (χ0n) is 18.0. The summed E-state index contributed by atoms with van der Waals surface area (Å²) in [5.74, 6) is 2.62. The molecule has 0 radical (unpaired) electrons. The van der Waals surface area contributed by atoms with Crippen LogP contribution >= 0.6 is 12.2 Å². The topological polar surface area (TPSA) is 44.5 Å². The standard InChI is InChI=1S/C23H28N4O2S/c1-16-7-9-18(10-8-16)27-17(2)24-26(23(27)30)15-25-13-5-6-21(25)20-14-19(28-3)11-12-22(20)29-4/h7-12,14,21H,5-6,13,15H2,1-4H3/t21-/m1/s1. The zero-order valence-corrected chi connectivity index (χ0v) is 18.8. The number of aromatic nitrogens is 3. The van der Waals surface area contributed by atoms with Crippen molar-refractivity contribution in [1.29, 1.82) is 0 Å². The third kappa shape index (κ3) is 3.87. The van der Waals surface area contributed by atoms with Crippen molar-refractivity contribution in [3.05, 3.63) is 64.2 Å². The molecule has 3 aromatic rings. The number of methoxy groups -OCH3 is 2. The second kappa shape index (κ2) is 8.62. The third-order valence-corrected chi connectivity index (χ3v) is 6.16. The minimum absolute atomic E-state index is 0.238. The number of hydrogen-bond acceptors (Lipinski definition) is 5. The molecular weight excluding hydrogens is 396 g/mol. The van der Waals surface area contributed by atoms with E-state index < -0.39 is 0 Å². The van der Waals surface area contributed by atoms with E-state index in [2.05, 4.69) is 42.2 Å². The Morgan fingerprint density at radius 2 is 1.83 bits per heavy atom. The first-order valence-corrected chi connectivity index (χ1v) is 10.6. The summed E-state index contributed by atoms with van der Waals surface area (Å²) in [6.07, 6.45) is 2.19. The lowest BCUT2D eigenvalue weighted by atomic mass is 10.0. The monoisotopic (exact) mass is 424 g/mol. The van der Waals surface area contributed by atoms with Crippen molar-refractivity contribution in [3.8, 4) is 17.2 Å². The molecule has 1 atom stereocenters. The summed E-state index contributed by atoms with van der Waals surface area (Å²) in [6, 6.07) is 14.6. The maximum Gasteiger partial charge on any atom is 0.203 e. The molecule has 2 heterocycles. The van der Waals surface area contributed by atoms with Gasteiger partial charge < -0.3 is 9.47 Å². The third-order valence-electron chi connectivity index (χ3n) is 5.77. The lowest BCUT2D eigenvalue weighted by Gasteiger charge is -2.26. The number of likely N-dealkylation sites (tertiary alicyclic amines) is 1. The van der Waals surface area contributed by atoms with Crippen molar-refractivity contribution < 1.29 is 9.47 Å². The SMILES string of the molecule is COc1ccc(OC)c([C@H]2CCCN2Cn2nc(C)n(-c3ccc(C)cc3)c2=S)c1. The van der Waals surface area contributed by atoms with Gasteiger partial charge in [0.15, 0.2) is 0 Å². The van der Waals surface area contributed by atoms with Gasteiger partial charge in [-0.3, -0.25) is 9.47 Å². The first-order chi connectivity index (χ1) is 14.5. The number of hydrogen-bond donors (Lipinski definition) is 0. The van der Waals surface area contributed by atoms with E-state index in [9.17, 15) is 0 Å².